The highest BCUT2D eigenvalue weighted by Crippen LogP contribution is 2.28. The molecule has 1 nitrogen and oxygen atoms in total. The molecule has 1 fully saturated rings. The molecular weight excluding hydrogens is 138 g/mol. The van der Waals surface area contributed by atoms with Gasteiger partial charge in [-0.2, -0.15) is 0 Å². The van der Waals surface area contributed by atoms with Crippen LogP contribution in [0.25, 0.3) is 0 Å². The quantitative estimate of drug-likeness (QED) is 0.522. The van der Waals surface area contributed by atoms with Crippen LogP contribution in [0, 0.1) is 0 Å². The van der Waals surface area contributed by atoms with Crippen LogP contribution in [0.4, 0.5) is 4.39 Å². The molecule has 0 saturated heterocycles. The third kappa shape index (κ3) is 2.02. The predicted molar refractivity (Wildman–Crippen MR) is 34.8 cm³/mol. The van der Waals surface area contributed by atoms with Crippen molar-refractivity contribution in [1.29, 1.82) is 0 Å². The molecule has 1 aliphatic rings. The lowest BCUT2D eigenvalue weighted by atomic mass is 9.98. The summed E-state index contributed by atoms with van der Waals surface area (Å²) in [5.41, 5.74) is 0.247. The average Bonchev–Trinajstić information content (AvgIpc) is 1.90. The van der Waals surface area contributed by atoms with E-state index in [4.69, 9.17) is 0 Å². The molecule has 0 bridgehead atoms. The van der Waals surface area contributed by atoms with Crippen LogP contribution in [-0.4, -0.2) is 11.8 Å². The summed E-state index contributed by atoms with van der Waals surface area (Å²) in [5, 5.41) is 0. The highest BCUT2D eigenvalue weighted by molar-refractivity contribution is 7.24. The van der Waals surface area contributed by atoms with E-state index in [1.807, 2.05) is 0 Å². The third-order valence-corrected chi connectivity index (χ3v) is 2.59. The lowest BCUT2D eigenvalue weighted by Crippen LogP contribution is -2.14. The van der Waals surface area contributed by atoms with E-state index in [1.54, 1.807) is 0 Å². The van der Waals surface area contributed by atoms with Gasteiger partial charge in [0.25, 0.3) is 0 Å². The summed E-state index contributed by atoms with van der Waals surface area (Å²) in [6.45, 7) is 0. The van der Waals surface area contributed by atoms with E-state index >= 15 is 0 Å². The number of hydrogen-bond donors (Lipinski definition) is 0. The van der Waals surface area contributed by atoms with Gasteiger partial charge in [0.05, 0.1) is 0 Å². The summed E-state index contributed by atoms with van der Waals surface area (Å²) in [6, 6.07) is 0. The van der Waals surface area contributed by atoms with E-state index in [1.165, 1.54) is 0 Å². The van der Waals surface area contributed by atoms with E-state index in [0.29, 0.717) is 12.8 Å². The summed E-state index contributed by atoms with van der Waals surface area (Å²) >= 11 is 0. The molecule has 0 N–H and O–H groups in total. The standard InChI is InChI=1S/C6H10FOP/c7-5-1-3-6(9-8)4-2-5/h5-6H,1-4H2. The maximum absolute atomic E-state index is 12.4. The van der Waals surface area contributed by atoms with Crippen molar-refractivity contribution in [3.8, 4) is 0 Å². The van der Waals surface area contributed by atoms with E-state index in [2.05, 4.69) is 0 Å². The first-order valence-corrected chi connectivity index (χ1v) is 4.17. The van der Waals surface area contributed by atoms with Gasteiger partial charge in [0.2, 0.25) is 0 Å². The average molecular weight is 148 g/mol. The topological polar surface area (TPSA) is 17.1 Å². The molecule has 0 amide bonds. The Labute approximate surface area is 55.8 Å². The second-order valence-corrected chi connectivity index (χ2v) is 3.45. The molecule has 9 heavy (non-hydrogen) atoms. The van der Waals surface area contributed by atoms with Gasteiger partial charge in [0, 0.05) is 5.66 Å². The first-order chi connectivity index (χ1) is 4.33. The van der Waals surface area contributed by atoms with E-state index in [0.717, 1.165) is 12.8 Å². The first kappa shape index (κ1) is 7.14. The maximum Gasteiger partial charge on any atom is 0.158 e. The Morgan fingerprint density at radius 1 is 1.22 bits per heavy atom. The number of halogens is 1. The van der Waals surface area contributed by atoms with Gasteiger partial charge >= 0.3 is 0 Å². The van der Waals surface area contributed by atoms with Gasteiger partial charge in [-0.15, -0.1) is 0 Å². The van der Waals surface area contributed by atoms with Crippen LogP contribution in [0.1, 0.15) is 25.7 Å². The van der Waals surface area contributed by atoms with Crippen molar-refractivity contribution in [2.75, 3.05) is 0 Å². The zero-order valence-electron chi connectivity index (χ0n) is 5.22. The SMILES string of the molecule is O=PC1CCC(F)CC1. The number of rotatable bonds is 1. The molecular formula is C6H10FOP. The Kier molecular flexibility index (Phi) is 2.59. The van der Waals surface area contributed by atoms with Crippen LogP contribution in [0.5, 0.6) is 0 Å². The van der Waals surface area contributed by atoms with Gasteiger partial charge in [0.1, 0.15) is 6.17 Å². The summed E-state index contributed by atoms with van der Waals surface area (Å²) in [4.78, 5) is 0. The minimum atomic E-state index is -0.622. The molecule has 0 spiro atoms. The Balaban J connectivity index is 2.26. The van der Waals surface area contributed by atoms with Crippen LogP contribution >= 0.6 is 8.46 Å². The van der Waals surface area contributed by atoms with Gasteiger partial charge in [-0.3, -0.25) is 4.57 Å². The van der Waals surface area contributed by atoms with E-state index in [-0.39, 0.29) is 14.1 Å². The molecule has 0 radical (unpaired) electrons. The lowest BCUT2D eigenvalue weighted by Gasteiger charge is -2.17. The summed E-state index contributed by atoms with van der Waals surface area (Å²) in [5.74, 6) is 0. The fourth-order valence-corrected chi connectivity index (χ4v) is 1.65. The minimum absolute atomic E-state index is 0.206. The van der Waals surface area contributed by atoms with Crippen molar-refractivity contribution in [1.82, 2.24) is 0 Å². The van der Waals surface area contributed by atoms with Crippen molar-refractivity contribution in [2.24, 2.45) is 0 Å². The molecule has 52 valence electrons. The number of alkyl halides is 1. The molecule has 3 heteroatoms. The Bertz CT molecular complexity index is 99.2. The van der Waals surface area contributed by atoms with Crippen LogP contribution in [0.15, 0.2) is 0 Å². The van der Waals surface area contributed by atoms with Crippen molar-refractivity contribution < 1.29 is 8.96 Å². The third-order valence-electron chi connectivity index (χ3n) is 1.78. The molecule has 0 aromatic heterocycles. The summed E-state index contributed by atoms with van der Waals surface area (Å²) in [6.07, 6.45) is 2.20. The highest BCUT2D eigenvalue weighted by Gasteiger charge is 2.19. The van der Waals surface area contributed by atoms with Crippen molar-refractivity contribution >= 4 is 8.46 Å². The van der Waals surface area contributed by atoms with Crippen LogP contribution < -0.4 is 0 Å². The Hall–Kier alpha value is 0.0300. The Morgan fingerprint density at radius 3 is 2.22 bits per heavy atom. The van der Waals surface area contributed by atoms with Crippen LogP contribution in [0.3, 0.4) is 0 Å². The largest absolute Gasteiger partial charge is 0.275 e. The zero-order valence-corrected chi connectivity index (χ0v) is 6.11. The molecule has 1 saturated carbocycles. The van der Waals surface area contributed by atoms with Gasteiger partial charge < -0.3 is 0 Å². The molecule has 0 aliphatic heterocycles. The molecule has 0 aromatic rings. The first-order valence-electron chi connectivity index (χ1n) is 3.29. The lowest BCUT2D eigenvalue weighted by molar-refractivity contribution is 0.253. The normalized spacial score (nSPS) is 37.0. The monoisotopic (exact) mass is 148 g/mol. The second-order valence-electron chi connectivity index (χ2n) is 2.51. The van der Waals surface area contributed by atoms with Crippen molar-refractivity contribution in [2.45, 2.75) is 37.5 Å². The molecule has 0 aromatic carbocycles. The fourth-order valence-electron chi connectivity index (χ4n) is 1.14. The Morgan fingerprint density at radius 2 is 1.78 bits per heavy atom. The van der Waals surface area contributed by atoms with Gasteiger partial charge in [-0.25, -0.2) is 4.39 Å². The highest BCUT2D eigenvalue weighted by atomic mass is 31.1. The van der Waals surface area contributed by atoms with Gasteiger partial charge in [-0.1, -0.05) is 0 Å². The number of hydrogen-bond acceptors (Lipinski definition) is 1. The van der Waals surface area contributed by atoms with Gasteiger partial charge in [0.15, 0.2) is 8.46 Å². The summed E-state index contributed by atoms with van der Waals surface area (Å²) < 4.78 is 22.6. The maximum atomic E-state index is 12.4. The molecule has 0 atom stereocenters. The fraction of sp³-hybridized carbons (Fsp3) is 1.00. The van der Waals surface area contributed by atoms with Crippen molar-refractivity contribution in [3.05, 3.63) is 0 Å². The van der Waals surface area contributed by atoms with Crippen LogP contribution in [-0.2, 0) is 4.57 Å². The van der Waals surface area contributed by atoms with E-state index in [9.17, 15) is 8.96 Å². The second kappa shape index (κ2) is 3.26. The molecule has 0 unspecified atom stereocenters. The molecule has 1 aliphatic carbocycles. The predicted octanol–water partition coefficient (Wildman–Crippen LogP) is 2.56. The smallest absolute Gasteiger partial charge is 0.158 e. The van der Waals surface area contributed by atoms with Crippen LogP contribution in [0.2, 0.25) is 0 Å². The van der Waals surface area contributed by atoms with Crippen molar-refractivity contribution in [3.63, 3.8) is 0 Å². The minimum Gasteiger partial charge on any atom is -0.275 e. The zero-order chi connectivity index (χ0) is 6.69. The van der Waals surface area contributed by atoms with E-state index < -0.39 is 6.17 Å². The van der Waals surface area contributed by atoms with Gasteiger partial charge in [-0.05, 0) is 25.7 Å². The molecule has 0 heterocycles. The summed E-state index contributed by atoms with van der Waals surface area (Å²) in [7, 11) is 0.206. The molecule has 1 rings (SSSR count).